The number of furan rings is 1. The monoisotopic (exact) mass is 326 g/mol. The largest absolute Gasteiger partial charge is 0.467 e. The zero-order chi connectivity index (χ0) is 16.8. The number of aromatic nitrogens is 4. The minimum atomic E-state index is -0.625. The molecular formula is C15H14N6O3. The van der Waals surface area contributed by atoms with Gasteiger partial charge in [-0.3, -0.25) is 10.1 Å². The van der Waals surface area contributed by atoms with Crippen molar-refractivity contribution in [1.29, 1.82) is 0 Å². The van der Waals surface area contributed by atoms with E-state index in [-0.39, 0.29) is 13.1 Å². The van der Waals surface area contributed by atoms with Gasteiger partial charge in [0, 0.05) is 5.56 Å². The minimum absolute atomic E-state index is 0.186. The molecule has 0 aliphatic carbocycles. The van der Waals surface area contributed by atoms with E-state index in [4.69, 9.17) is 4.42 Å². The van der Waals surface area contributed by atoms with Crippen molar-refractivity contribution in [1.82, 2.24) is 30.8 Å². The highest BCUT2D eigenvalue weighted by Gasteiger charge is 2.12. The molecule has 9 heteroatoms. The second kappa shape index (κ2) is 7.18. The Bertz CT molecular complexity index is 813. The van der Waals surface area contributed by atoms with Crippen molar-refractivity contribution in [3.63, 3.8) is 0 Å². The van der Waals surface area contributed by atoms with E-state index in [0.717, 1.165) is 10.4 Å². The maximum absolute atomic E-state index is 11.8. The third-order valence-corrected chi connectivity index (χ3v) is 3.03. The van der Waals surface area contributed by atoms with Crippen LogP contribution in [0.4, 0.5) is 4.79 Å². The van der Waals surface area contributed by atoms with Crippen molar-refractivity contribution in [3.05, 3.63) is 54.5 Å². The average molecular weight is 326 g/mol. The highest BCUT2D eigenvalue weighted by Crippen LogP contribution is 2.11. The molecule has 2 N–H and O–H groups in total. The lowest BCUT2D eigenvalue weighted by atomic mass is 10.2. The van der Waals surface area contributed by atoms with Crippen LogP contribution in [0.2, 0.25) is 0 Å². The van der Waals surface area contributed by atoms with Crippen LogP contribution in [0, 0.1) is 0 Å². The Kier molecular flexibility index (Phi) is 4.61. The van der Waals surface area contributed by atoms with Gasteiger partial charge in [-0.1, -0.05) is 30.3 Å². The SMILES string of the molecule is O=C(Cn1nnc(-c2ccccc2)n1)NC(=O)NCc1ccco1. The van der Waals surface area contributed by atoms with Gasteiger partial charge >= 0.3 is 6.03 Å². The third-order valence-electron chi connectivity index (χ3n) is 3.03. The third kappa shape index (κ3) is 4.03. The van der Waals surface area contributed by atoms with Crippen LogP contribution in [-0.4, -0.2) is 32.1 Å². The number of nitrogens with zero attached hydrogens (tertiary/aromatic N) is 4. The van der Waals surface area contributed by atoms with E-state index in [1.54, 1.807) is 12.1 Å². The lowest BCUT2D eigenvalue weighted by Gasteiger charge is -2.04. The summed E-state index contributed by atoms with van der Waals surface area (Å²) in [6.45, 7) is -0.0279. The number of rotatable bonds is 5. The molecule has 0 saturated carbocycles. The van der Waals surface area contributed by atoms with E-state index >= 15 is 0 Å². The van der Waals surface area contributed by atoms with E-state index in [1.807, 2.05) is 30.3 Å². The lowest BCUT2D eigenvalue weighted by molar-refractivity contribution is -0.121. The van der Waals surface area contributed by atoms with Gasteiger partial charge in [0.25, 0.3) is 5.91 Å². The van der Waals surface area contributed by atoms with Crippen LogP contribution in [0.3, 0.4) is 0 Å². The van der Waals surface area contributed by atoms with Gasteiger partial charge in [0.1, 0.15) is 12.3 Å². The average Bonchev–Trinajstić information content (AvgIpc) is 3.25. The molecule has 3 rings (SSSR count). The molecule has 0 unspecified atom stereocenters. The Morgan fingerprint density at radius 3 is 2.71 bits per heavy atom. The van der Waals surface area contributed by atoms with Crippen LogP contribution in [0.15, 0.2) is 53.1 Å². The van der Waals surface area contributed by atoms with Crippen LogP contribution >= 0.6 is 0 Å². The van der Waals surface area contributed by atoms with Crippen molar-refractivity contribution in [2.24, 2.45) is 0 Å². The van der Waals surface area contributed by atoms with Gasteiger partial charge in [0.15, 0.2) is 0 Å². The second-order valence-electron chi connectivity index (χ2n) is 4.82. The summed E-state index contributed by atoms with van der Waals surface area (Å²) in [7, 11) is 0. The first-order chi connectivity index (χ1) is 11.7. The summed E-state index contributed by atoms with van der Waals surface area (Å²) >= 11 is 0. The molecule has 0 atom stereocenters. The van der Waals surface area contributed by atoms with Crippen molar-refractivity contribution < 1.29 is 14.0 Å². The predicted octanol–water partition coefficient (Wildman–Crippen LogP) is 0.959. The fourth-order valence-corrected chi connectivity index (χ4v) is 1.93. The maximum atomic E-state index is 11.8. The number of carbonyl (C=O) groups is 2. The van der Waals surface area contributed by atoms with Crippen molar-refractivity contribution >= 4 is 11.9 Å². The molecular weight excluding hydrogens is 312 g/mol. The molecule has 0 aliphatic rings. The van der Waals surface area contributed by atoms with E-state index in [0.29, 0.717) is 11.6 Å². The number of imide groups is 1. The van der Waals surface area contributed by atoms with Crippen LogP contribution in [0.5, 0.6) is 0 Å². The number of tetrazole rings is 1. The summed E-state index contributed by atoms with van der Waals surface area (Å²) in [4.78, 5) is 24.5. The highest BCUT2D eigenvalue weighted by atomic mass is 16.3. The lowest BCUT2D eigenvalue weighted by Crippen LogP contribution is -2.40. The number of amides is 3. The van der Waals surface area contributed by atoms with E-state index in [9.17, 15) is 9.59 Å². The Hall–Kier alpha value is -3.49. The summed E-state index contributed by atoms with van der Waals surface area (Å²) in [5.41, 5.74) is 0.792. The van der Waals surface area contributed by atoms with E-state index in [1.165, 1.54) is 6.26 Å². The zero-order valence-corrected chi connectivity index (χ0v) is 12.5. The summed E-state index contributed by atoms with van der Waals surface area (Å²) in [5, 5.41) is 16.5. The topological polar surface area (TPSA) is 115 Å². The smallest absolute Gasteiger partial charge is 0.321 e. The number of urea groups is 1. The standard InChI is InChI=1S/C15H14N6O3/c22-13(17-15(23)16-9-12-7-4-8-24-12)10-21-19-14(18-20-21)11-5-2-1-3-6-11/h1-8H,9-10H2,(H2,16,17,22,23). The minimum Gasteiger partial charge on any atom is -0.467 e. The van der Waals surface area contributed by atoms with Crippen LogP contribution in [0.25, 0.3) is 11.4 Å². The number of carbonyl (C=O) groups excluding carboxylic acids is 2. The normalized spacial score (nSPS) is 10.3. The molecule has 0 spiro atoms. The Balaban J connectivity index is 1.50. The Labute approximate surface area is 136 Å². The first-order valence-electron chi connectivity index (χ1n) is 7.14. The summed E-state index contributed by atoms with van der Waals surface area (Å²) < 4.78 is 5.07. The molecule has 122 valence electrons. The second-order valence-corrected chi connectivity index (χ2v) is 4.82. The first kappa shape index (κ1) is 15.4. The molecule has 0 saturated heterocycles. The first-order valence-corrected chi connectivity index (χ1v) is 7.14. The number of nitrogens with one attached hydrogen (secondary N) is 2. The van der Waals surface area contributed by atoms with Crippen molar-refractivity contribution in [2.45, 2.75) is 13.1 Å². The molecule has 2 aromatic heterocycles. The highest BCUT2D eigenvalue weighted by molar-refractivity contribution is 5.94. The molecule has 9 nitrogen and oxygen atoms in total. The van der Waals surface area contributed by atoms with E-state index in [2.05, 4.69) is 26.0 Å². The summed E-state index contributed by atoms with van der Waals surface area (Å²) in [6.07, 6.45) is 1.50. The molecule has 0 aliphatic heterocycles. The molecule has 24 heavy (non-hydrogen) atoms. The van der Waals surface area contributed by atoms with Gasteiger partial charge in [-0.05, 0) is 17.3 Å². The molecule has 3 amide bonds. The summed E-state index contributed by atoms with van der Waals surface area (Å²) in [5.74, 6) is 0.442. The number of hydrogen-bond donors (Lipinski definition) is 2. The maximum Gasteiger partial charge on any atom is 0.321 e. The molecule has 0 bridgehead atoms. The Morgan fingerprint density at radius 2 is 1.96 bits per heavy atom. The zero-order valence-electron chi connectivity index (χ0n) is 12.5. The summed E-state index contributed by atoms with van der Waals surface area (Å²) in [6, 6.07) is 12.1. The van der Waals surface area contributed by atoms with Crippen molar-refractivity contribution in [2.75, 3.05) is 0 Å². The van der Waals surface area contributed by atoms with Gasteiger partial charge in [0.05, 0.1) is 12.8 Å². The fourth-order valence-electron chi connectivity index (χ4n) is 1.93. The van der Waals surface area contributed by atoms with Gasteiger partial charge in [0.2, 0.25) is 5.82 Å². The van der Waals surface area contributed by atoms with Gasteiger partial charge in [-0.2, -0.15) is 4.80 Å². The predicted molar refractivity (Wildman–Crippen MR) is 82.3 cm³/mol. The molecule has 0 fully saturated rings. The van der Waals surface area contributed by atoms with Gasteiger partial charge in [-0.15, -0.1) is 10.2 Å². The van der Waals surface area contributed by atoms with Crippen LogP contribution < -0.4 is 10.6 Å². The number of hydrogen-bond acceptors (Lipinski definition) is 6. The number of benzene rings is 1. The van der Waals surface area contributed by atoms with Crippen molar-refractivity contribution in [3.8, 4) is 11.4 Å². The van der Waals surface area contributed by atoms with Gasteiger partial charge < -0.3 is 9.73 Å². The Morgan fingerprint density at radius 1 is 1.12 bits per heavy atom. The molecule has 0 radical (unpaired) electrons. The van der Waals surface area contributed by atoms with E-state index < -0.39 is 11.9 Å². The quantitative estimate of drug-likeness (QED) is 0.721. The van der Waals surface area contributed by atoms with Crippen LogP contribution in [0.1, 0.15) is 5.76 Å². The molecule has 1 aromatic carbocycles. The fraction of sp³-hybridized carbons (Fsp3) is 0.133. The molecule has 3 aromatic rings. The van der Waals surface area contributed by atoms with Crippen LogP contribution in [-0.2, 0) is 17.9 Å². The molecule has 2 heterocycles. The van der Waals surface area contributed by atoms with Gasteiger partial charge in [-0.25, -0.2) is 4.79 Å².